The predicted octanol–water partition coefficient (Wildman–Crippen LogP) is 2.42. The van der Waals surface area contributed by atoms with Gasteiger partial charge in [-0.05, 0) is 0 Å². The van der Waals surface area contributed by atoms with Crippen molar-refractivity contribution in [3.63, 3.8) is 0 Å². The van der Waals surface area contributed by atoms with Crippen molar-refractivity contribution in [3.8, 4) is 0 Å². The third kappa shape index (κ3) is 3.31. The Morgan fingerprint density at radius 1 is 1.37 bits per heavy atom. The molecule has 11 heteroatoms. The van der Waals surface area contributed by atoms with Gasteiger partial charge in [0.15, 0.2) is 0 Å². The molecule has 108 valence electrons. The molecule has 0 spiro atoms. The van der Waals surface area contributed by atoms with Crippen LogP contribution in [0.1, 0.15) is 23.2 Å². The fourth-order valence-electron chi connectivity index (χ4n) is 1.40. The van der Waals surface area contributed by atoms with Crippen LogP contribution < -0.4 is 5.14 Å². The molecule has 0 fully saturated rings. The first kappa shape index (κ1) is 16.1. The van der Waals surface area contributed by atoms with E-state index >= 15 is 0 Å². The molecule has 0 aromatic carbocycles. The van der Waals surface area contributed by atoms with Gasteiger partial charge in [-0.2, -0.15) is 13.2 Å². The van der Waals surface area contributed by atoms with Gasteiger partial charge in [0.1, 0.15) is 4.90 Å². The van der Waals surface area contributed by atoms with Crippen molar-refractivity contribution in [2.24, 2.45) is 5.14 Å². The van der Waals surface area contributed by atoms with Gasteiger partial charge in [0.25, 0.3) is 6.43 Å². The van der Waals surface area contributed by atoms with Crippen molar-refractivity contribution in [1.82, 2.24) is 4.98 Å². The third-order valence-electron chi connectivity index (χ3n) is 2.07. The van der Waals surface area contributed by atoms with Crippen molar-refractivity contribution in [1.29, 1.82) is 0 Å². The van der Waals surface area contributed by atoms with Crippen LogP contribution >= 0.6 is 11.6 Å². The number of halogens is 6. The average molecular weight is 325 g/mol. The summed E-state index contributed by atoms with van der Waals surface area (Å²) in [6, 6.07) is 0. The Labute approximate surface area is 109 Å². The topological polar surface area (TPSA) is 73.1 Å². The average Bonchev–Trinajstić information content (AvgIpc) is 2.24. The molecule has 0 aliphatic heterocycles. The number of rotatable bonds is 3. The molecule has 4 nitrogen and oxygen atoms in total. The van der Waals surface area contributed by atoms with E-state index in [-0.39, 0.29) is 0 Å². The molecule has 0 saturated heterocycles. The van der Waals surface area contributed by atoms with E-state index in [1.54, 1.807) is 0 Å². The van der Waals surface area contributed by atoms with E-state index in [2.05, 4.69) is 10.1 Å². The summed E-state index contributed by atoms with van der Waals surface area (Å²) in [4.78, 5) is 1.41. The van der Waals surface area contributed by atoms with Crippen molar-refractivity contribution in [2.75, 3.05) is 0 Å². The van der Waals surface area contributed by atoms with Crippen LogP contribution in [0.3, 0.4) is 0 Å². The molecule has 1 aromatic rings. The smallest absolute Gasteiger partial charge is 0.259 e. The van der Waals surface area contributed by atoms with Crippen molar-refractivity contribution in [3.05, 3.63) is 23.0 Å². The zero-order valence-electron chi connectivity index (χ0n) is 8.88. The van der Waals surface area contributed by atoms with E-state index < -0.39 is 50.2 Å². The second-order valence-electron chi connectivity index (χ2n) is 3.34. The fourth-order valence-corrected chi connectivity index (χ4v) is 2.59. The van der Waals surface area contributed by atoms with E-state index in [1.165, 1.54) is 0 Å². The van der Waals surface area contributed by atoms with Crippen LogP contribution in [0.4, 0.5) is 22.0 Å². The fraction of sp³-hybridized carbons (Fsp3) is 0.375. The zero-order chi connectivity index (χ0) is 15.0. The molecule has 0 amide bonds. The lowest BCUT2D eigenvalue weighted by Gasteiger charge is -2.17. The van der Waals surface area contributed by atoms with Crippen LogP contribution in [0.25, 0.3) is 0 Å². The Morgan fingerprint density at radius 3 is 2.21 bits per heavy atom. The Hall–Kier alpha value is -1.00. The third-order valence-corrected chi connectivity index (χ3v) is 3.33. The number of nitrogens with two attached hydrogens (primary N) is 1. The van der Waals surface area contributed by atoms with Crippen LogP contribution in [0.5, 0.6) is 0 Å². The zero-order valence-corrected chi connectivity index (χ0v) is 10.5. The molecule has 0 saturated carbocycles. The maximum absolute atomic E-state index is 12.8. The van der Waals surface area contributed by atoms with Gasteiger partial charge < -0.3 is 0 Å². The number of primary sulfonamides is 1. The molecule has 1 aromatic heterocycles. The highest BCUT2D eigenvalue weighted by molar-refractivity contribution is 7.89. The molecule has 1 heterocycles. The number of sulfonamides is 1. The van der Waals surface area contributed by atoms with Gasteiger partial charge in [0.05, 0.1) is 22.7 Å². The van der Waals surface area contributed by atoms with Crippen LogP contribution in [0.15, 0.2) is 11.1 Å². The van der Waals surface area contributed by atoms with Crippen molar-refractivity contribution in [2.45, 2.75) is 23.4 Å². The molecule has 0 atom stereocenters. The number of hydrogen-bond donors (Lipinski definition) is 1. The summed E-state index contributed by atoms with van der Waals surface area (Å²) in [6.45, 7) is 0. The van der Waals surface area contributed by atoms with Gasteiger partial charge >= 0.3 is 6.18 Å². The SMILES string of the molecule is NS(=O)(=O)c1c(C(F)F)cnc(CCl)c1C(F)(F)F. The van der Waals surface area contributed by atoms with Crippen LogP contribution in [0, 0.1) is 0 Å². The largest absolute Gasteiger partial charge is 0.419 e. The van der Waals surface area contributed by atoms with E-state index in [9.17, 15) is 30.4 Å². The Bertz CT molecular complexity index is 588. The predicted molar refractivity (Wildman–Crippen MR) is 55.1 cm³/mol. The molecule has 2 N–H and O–H groups in total. The summed E-state index contributed by atoms with van der Waals surface area (Å²) in [6.07, 6.45) is -8.40. The second-order valence-corrected chi connectivity index (χ2v) is 5.11. The molecular formula is C8H6ClF5N2O2S. The van der Waals surface area contributed by atoms with Crippen molar-refractivity contribution >= 4 is 21.6 Å². The molecule has 0 radical (unpaired) electrons. The van der Waals surface area contributed by atoms with E-state index in [4.69, 9.17) is 11.6 Å². The van der Waals surface area contributed by atoms with Crippen LogP contribution in [-0.2, 0) is 22.1 Å². The second kappa shape index (κ2) is 5.17. The highest BCUT2D eigenvalue weighted by Gasteiger charge is 2.42. The lowest BCUT2D eigenvalue weighted by Crippen LogP contribution is -2.23. The normalized spacial score (nSPS) is 13.1. The Balaban J connectivity index is 3.89. The lowest BCUT2D eigenvalue weighted by atomic mass is 10.1. The number of hydrogen-bond acceptors (Lipinski definition) is 3. The van der Waals surface area contributed by atoms with Gasteiger partial charge in [0.2, 0.25) is 10.0 Å². The minimum atomic E-state index is -5.23. The summed E-state index contributed by atoms with van der Waals surface area (Å²) in [7, 11) is -5.02. The summed E-state index contributed by atoms with van der Waals surface area (Å²) in [5.41, 5.74) is -4.16. The lowest BCUT2D eigenvalue weighted by molar-refractivity contribution is -0.140. The maximum atomic E-state index is 12.8. The molecule has 1 rings (SSSR count). The van der Waals surface area contributed by atoms with Gasteiger partial charge in [-0.3, -0.25) is 4.98 Å². The number of nitrogens with zero attached hydrogens (tertiary/aromatic N) is 1. The highest BCUT2D eigenvalue weighted by atomic mass is 35.5. The van der Waals surface area contributed by atoms with Crippen LogP contribution in [-0.4, -0.2) is 13.4 Å². The summed E-state index contributed by atoms with van der Waals surface area (Å²) in [5.74, 6) is -0.805. The quantitative estimate of drug-likeness (QED) is 0.685. The molecule has 0 unspecified atom stereocenters. The monoisotopic (exact) mass is 324 g/mol. The Morgan fingerprint density at radius 2 is 1.89 bits per heavy atom. The molecule has 0 aliphatic carbocycles. The van der Waals surface area contributed by atoms with Gasteiger partial charge in [-0.1, -0.05) is 0 Å². The van der Waals surface area contributed by atoms with E-state index in [0.29, 0.717) is 6.20 Å². The first-order chi connectivity index (χ1) is 8.50. The molecular weight excluding hydrogens is 319 g/mol. The van der Waals surface area contributed by atoms with Crippen molar-refractivity contribution < 1.29 is 30.4 Å². The first-order valence-electron chi connectivity index (χ1n) is 4.46. The standard InChI is InChI=1S/C8H6ClF5N2O2S/c9-1-4-5(8(12,13)14)6(19(15,17)18)3(2-16-4)7(10)11/h2,7H,1H2,(H2,15,17,18). The van der Waals surface area contributed by atoms with Crippen LogP contribution in [0.2, 0.25) is 0 Å². The van der Waals surface area contributed by atoms with Gasteiger partial charge in [-0.15, -0.1) is 11.6 Å². The summed E-state index contributed by atoms with van der Waals surface area (Å²) < 4.78 is 86.0. The van der Waals surface area contributed by atoms with E-state index in [0.717, 1.165) is 0 Å². The first-order valence-corrected chi connectivity index (χ1v) is 6.54. The molecule has 0 bridgehead atoms. The number of aromatic nitrogens is 1. The number of alkyl halides is 6. The summed E-state index contributed by atoms with van der Waals surface area (Å²) in [5, 5.41) is 4.58. The molecule has 0 aliphatic rings. The molecule has 19 heavy (non-hydrogen) atoms. The number of pyridine rings is 1. The summed E-state index contributed by atoms with van der Waals surface area (Å²) >= 11 is 5.21. The maximum Gasteiger partial charge on any atom is 0.419 e. The van der Waals surface area contributed by atoms with Gasteiger partial charge in [-0.25, -0.2) is 22.3 Å². The van der Waals surface area contributed by atoms with Gasteiger partial charge in [0, 0.05) is 6.20 Å². The highest BCUT2D eigenvalue weighted by Crippen LogP contribution is 2.40. The minimum Gasteiger partial charge on any atom is -0.259 e. The van der Waals surface area contributed by atoms with E-state index in [1.807, 2.05) is 0 Å². The Kier molecular flexibility index (Phi) is 4.37. The minimum absolute atomic E-state index is 0.317.